The normalized spacial score (nSPS) is 20.6. The maximum Gasteiger partial charge on any atom is 0.249 e. The summed E-state index contributed by atoms with van der Waals surface area (Å²) >= 11 is 2.70. The number of aliphatic imine (C=N–C) groups is 1. The first kappa shape index (κ1) is 27.3. The van der Waals surface area contributed by atoms with Crippen molar-refractivity contribution >= 4 is 64.6 Å². The molecule has 32 heavy (non-hydrogen) atoms. The molecule has 1 aliphatic heterocycles. The summed E-state index contributed by atoms with van der Waals surface area (Å²) in [7, 11) is 0. The van der Waals surface area contributed by atoms with Gasteiger partial charge in [0.25, 0.3) is 0 Å². The van der Waals surface area contributed by atoms with Gasteiger partial charge in [0, 0.05) is 17.7 Å². The fourth-order valence-corrected chi connectivity index (χ4v) is 7.47. The summed E-state index contributed by atoms with van der Waals surface area (Å²) in [6.45, 7) is 12.6. The average Bonchev–Trinajstić information content (AvgIpc) is 3.35. The molecule has 1 aromatic heterocycles. The number of hydrogen-bond donors (Lipinski definition) is 2. The Morgan fingerprint density at radius 2 is 2.06 bits per heavy atom. The predicted octanol–water partition coefficient (Wildman–Crippen LogP) is 4.33. The van der Waals surface area contributed by atoms with Gasteiger partial charge >= 0.3 is 0 Å². The standard InChI is InChI=1S/C23H35IN4O2S2/c1-14(2)9-16(5)7-8-24-10-18(29)20(15(3)4)27-22(30)23(6)13-32-21(28-23)17-12-31-19(11-25)26-17/h8-9,12,15-16,20H,7,10-11,13,25H2,1-6H3,(H,27,30)/t16?,20-,23-/m0/s1. The fraction of sp³-hybridized carbons (Fsp3) is 0.609. The molecule has 3 atom stereocenters. The van der Waals surface area contributed by atoms with Crippen LogP contribution >= 0.6 is 43.8 Å². The van der Waals surface area contributed by atoms with E-state index in [-0.39, 0.29) is 38.3 Å². The van der Waals surface area contributed by atoms with Gasteiger partial charge in [-0.2, -0.15) is 0 Å². The Morgan fingerprint density at radius 3 is 2.66 bits per heavy atom. The zero-order valence-corrected chi connectivity index (χ0v) is 23.6. The van der Waals surface area contributed by atoms with E-state index < -0.39 is 11.6 Å². The molecule has 2 rings (SSSR count). The molecule has 0 saturated carbocycles. The number of thiazole rings is 1. The topological polar surface area (TPSA) is 97.4 Å². The molecule has 0 spiro atoms. The summed E-state index contributed by atoms with van der Waals surface area (Å²) in [4.78, 5) is 35.2. The van der Waals surface area contributed by atoms with E-state index in [9.17, 15) is 9.59 Å². The average molecular weight is 591 g/mol. The van der Waals surface area contributed by atoms with Gasteiger partial charge in [0.15, 0.2) is 5.78 Å². The Kier molecular flexibility index (Phi) is 10.7. The van der Waals surface area contributed by atoms with Crippen LogP contribution in [0, 0.1) is 11.8 Å². The lowest BCUT2D eigenvalue weighted by Gasteiger charge is -2.26. The van der Waals surface area contributed by atoms with Crippen LogP contribution < -0.4 is 11.1 Å². The molecule has 1 unspecified atom stereocenters. The van der Waals surface area contributed by atoms with Gasteiger partial charge in [-0.1, -0.05) is 36.4 Å². The van der Waals surface area contributed by atoms with Crippen LogP contribution in [0.3, 0.4) is 0 Å². The van der Waals surface area contributed by atoms with E-state index in [0.717, 1.165) is 22.2 Å². The largest absolute Gasteiger partial charge is 0.344 e. The molecule has 9 heteroatoms. The fourth-order valence-electron chi connectivity index (χ4n) is 3.22. The highest BCUT2D eigenvalue weighted by molar-refractivity contribution is 14.2. The van der Waals surface area contributed by atoms with Gasteiger partial charge in [-0.3, -0.25) is 14.6 Å². The van der Waals surface area contributed by atoms with Gasteiger partial charge in [-0.15, -0.1) is 43.8 Å². The Labute approximate surface area is 210 Å². The van der Waals surface area contributed by atoms with Gasteiger partial charge in [0.05, 0.1) is 10.5 Å². The number of nitrogens with one attached hydrogen (secondary N) is 1. The van der Waals surface area contributed by atoms with E-state index >= 15 is 0 Å². The van der Waals surface area contributed by atoms with E-state index in [1.165, 1.54) is 28.7 Å². The Hall–Kier alpha value is -0.910. The Bertz CT molecular complexity index is 906. The van der Waals surface area contributed by atoms with Crippen LogP contribution in [0.1, 0.15) is 58.7 Å². The van der Waals surface area contributed by atoms with Crippen molar-refractivity contribution in [2.24, 2.45) is 22.6 Å². The third-order valence-corrected chi connectivity index (χ3v) is 9.44. The van der Waals surface area contributed by atoms with E-state index in [2.05, 4.69) is 46.2 Å². The lowest BCUT2D eigenvalue weighted by molar-refractivity contribution is -0.130. The van der Waals surface area contributed by atoms with Crippen LogP contribution in [-0.4, -0.2) is 47.5 Å². The molecular formula is C23H35IN4O2S2. The summed E-state index contributed by atoms with van der Waals surface area (Å²) < 4.78 is 2.83. The molecule has 1 amide bonds. The minimum absolute atomic E-state index is 0.0341. The van der Waals surface area contributed by atoms with Gasteiger partial charge < -0.3 is 11.1 Å². The van der Waals surface area contributed by atoms with Crippen molar-refractivity contribution in [1.29, 1.82) is 0 Å². The first-order valence-corrected chi connectivity index (χ1v) is 15.4. The number of ketones is 1. The number of alkyl halides is 1. The van der Waals surface area contributed by atoms with E-state index in [0.29, 0.717) is 22.6 Å². The number of Topliss-reactive ketones (excluding diaryl/α,β-unsaturated/α-hetero) is 1. The van der Waals surface area contributed by atoms with Gasteiger partial charge in [0.2, 0.25) is 5.91 Å². The van der Waals surface area contributed by atoms with Crippen molar-refractivity contribution in [1.82, 2.24) is 10.3 Å². The van der Waals surface area contributed by atoms with Crippen LogP contribution in [0.5, 0.6) is 0 Å². The number of carbonyl (C=O) groups is 2. The number of nitrogens with two attached hydrogens (primary N) is 1. The minimum Gasteiger partial charge on any atom is -0.344 e. The number of thioether (sulfide) groups is 1. The molecule has 0 bridgehead atoms. The number of rotatable bonds is 11. The molecule has 0 aromatic carbocycles. The SMILES string of the molecule is CC(C)=CC(C)CC=ICC(=O)[C@@H](NC(=O)[C@]1(C)CSC(c2csc(CN)n2)=N1)C(C)C. The van der Waals surface area contributed by atoms with Crippen molar-refractivity contribution in [3.05, 3.63) is 27.7 Å². The predicted molar refractivity (Wildman–Crippen MR) is 147 cm³/mol. The molecule has 1 aliphatic rings. The van der Waals surface area contributed by atoms with E-state index in [1.807, 2.05) is 26.2 Å². The number of halogens is 1. The second kappa shape index (κ2) is 12.5. The van der Waals surface area contributed by atoms with Crippen molar-refractivity contribution < 1.29 is 9.59 Å². The highest BCUT2D eigenvalue weighted by Gasteiger charge is 2.40. The molecular weight excluding hydrogens is 555 g/mol. The number of amides is 1. The molecule has 0 radical (unpaired) electrons. The lowest BCUT2D eigenvalue weighted by Crippen LogP contribution is -2.52. The summed E-state index contributed by atoms with van der Waals surface area (Å²) in [6.07, 6.45) is 3.26. The summed E-state index contributed by atoms with van der Waals surface area (Å²) in [5, 5.41) is 6.55. The molecule has 3 N–H and O–H groups in total. The van der Waals surface area contributed by atoms with Crippen LogP contribution in [-0.2, 0) is 16.1 Å². The monoisotopic (exact) mass is 590 g/mol. The van der Waals surface area contributed by atoms with E-state index in [4.69, 9.17) is 5.73 Å². The Balaban J connectivity index is 2.00. The van der Waals surface area contributed by atoms with Gasteiger partial charge in [-0.05, 0) is 39.0 Å². The number of nitrogens with zero attached hydrogens (tertiary/aromatic N) is 2. The van der Waals surface area contributed by atoms with Crippen LogP contribution in [0.25, 0.3) is 0 Å². The first-order valence-electron chi connectivity index (χ1n) is 10.8. The number of carbonyl (C=O) groups excluding carboxylic acids is 2. The summed E-state index contributed by atoms with van der Waals surface area (Å²) in [5.74, 6) is 0.997. The minimum atomic E-state index is -0.902. The van der Waals surface area contributed by atoms with Gasteiger partial charge in [0.1, 0.15) is 21.3 Å². The smallest absolute Gasteiger partial charge is 0.249 e. The second-order valence-corrected chi connectivity index (χ2v) is 13.3. The van der Waals surface area contributed by atoms with Gasteiger partial charge in [-0.25, -0.2) is 4.98 Å². The highest BCUT2D eigenvalue weighted by atomic mass is 127. The van der Waals surface area contributed by atoms with Crippen molar-refractivity contribution in [3.63, 3.8) is 0 Å². The van der Waals surface area contributed by atoms with Crippen molar-refractivity contribution in [2.75, 3.05) is 10.2 Å². The molecule has 0 aliphatic carbocycles. The molecule has 6 nitrogen and oxygen atoms in total. The van der Waals surface area contributed by atoms with Crippen molar-refractivity contribution in [2.45, 2.75) is 66.1 Å². The first-order chi connectivity index (χ1) is 15.1. The van der Waals surface area contributed by atoms with Crippen LogP contribution in [0.4, 0.5) is 0 Å². The highest BCUT2D eigenvalue weighted by Crippen LogP contribution is 2.32. The lowest BCUT2D eigenvalue weighted by atomic mass is 9.98. The maximum atomic E-state index is 13.1. The zero-order chi connectivity index (χ0) is 23.9. The number of hydrogen-bond acceptors (Lipinski definition) is 7. The number of allylic oxidation sites excluding steroid dienone is 2. The molecule has 0 fully saturated rings. The quantitative estimate of drug-likeness (QED) is 0.227. The maximum absolute atomic E-state index is 13.1. The summed E-state index contributed by atoms with van der Waals surface area (Å²) in [6, 6.07) is -0.477. The third-order valence-electron chi connectivity index (χ3n) is 4.97. The molecule has 0 saturated heterocycles. The molecule has 178 valence electrons. The zero-order valence-electron chi connectivity index (χ0n) is 19.8. The van der Waals surface area contributed by atoms with Crippen molar-refractivity contribution in [3.8, 4) is 0 Å². The van der Waals surface area contributed by atoms with Crippen LogP contribution in [0.2, 0.25) is 0 Å². The molecule has 2 heterocycles. The molecule has 1 aromatic rings. The van der Waals surface area contributed by atoms with E-state index in [1.54, 1.807) is 0 Å². The third kappa shape index (κ3) is 7.85. The second-order valence-electron chi connectivity index (χ2n) is 8.87. The Morgan fingerprint density at radius 1 is 1.34 bits per heavy atom. The number of aromatic nitrogens is 1. The summed E-state index contributed by atoms with van der Waals surface area (Å²) in [5.41, 5.74) is 6.85. The van der Waals surface area contributed by atoms with Crippen LogP contribution in [0.15, 0.2) is 22.0 Å².